The van der Waals surface area contributed by atoms with Crippen molar-refractivity contribution < 1.29 is 4.79 Å². The Kier molecular flexibility index (Phi) is 5.36. The quantitative estimate of drug-likeness (QED) is 0.733. The molecule has 0 radical (unpaired) electrons. The van der Waals surface area contributed by atoms with Gasteiger partial charge in [-0.2, -0.15) is 0 Å². The van der Waals surface area contributed by atoms with E-state index in [2.05, 4.69) is 5.32 Å². The summed E-state index contributed by atoms with van der Waals surface area (Å²) < 4.78 is 1.49. The molecule has 0 aliphatic carbocycles. The number of benzene rings is 1. The Morgan fingerprint density at radius 1 is 1.20 bits per heavy atom. The summed E-state index contributed by atoms with van der Waals surface area (Å²) in [6.45, 7) is 2.25. The summed E-state index contributed by atoms with van der Waals surface area (Å²) in [5.74, 6) is -0.214. The van der Waals surface area contributed by atoms with E-state index in [4.69, 9.17) is 11.6 Å². The minimum atomic E-state index is -0.214. The minimum Gasteiger partial charge on any atom is -0.345 e. The average Bonchev–Trinajstić information content (AvgIpc) is 3.13. The minimum absolute atomic E-state index is 0.0866. The normalized spacial score (nSPS) is 11.9. The summed E-state index contributed by atoms with van der Waals surface area (Å²) in [7, 11) is 0. The molecule has 128 valence electrons. The van der Waals surface area contributed by atoms with E-state index in [9.17, 15) is 9.59 Å². The van der Waals surface area contributed by atoms with Gasteiger partial charge in [-0.05, 0) is 36.1 Å². The number of hydrogen-bond donors (Lipinski definition) is 1. The average molecular weight is 373 g/mol. The number of amides is 1. The summed E-state index contributed by atoms with van der Waals surface area (Å²) in [5.41, 5.74) is 1.09. The molecule has 4 nitrogen and oxygen atoms in total. The first-order valence-corrected chi connectivity index (χ1v) is 9.08. The second-order valence-electron chi connectivity index (χ2n) is 5.69. The zero-order valence-electron chi connectivity index (χ0n) is 13.6. The summed E-state index contributed by atoms with van der Waals surface area (Å²) in [4.78, 5) is 25.7. The summed E-state index contributed by atoms with van der Waals surface area (Å²) in [6, 6.07) is 14.1. The number of thiophene rings is 1. The molecule has 1 atom stereocenters. The molecule has 0 aliphatic heterocycles. The number of rotatable bonds is 5. The molecule has 1 N–H and O–H groups in total. The molecule has 0 saturated carbocycles. The number of nitrogens with one attached hydrogen (secondary N) is 1. The SMILES string of the molecule is CC(NC(=O)c1ccc(=O)n(Cc2ccccc2Cl)c1)c1cccs1. The van der Waals surface area contributed by atoms with Gasteiger partial charge in [-0.3, -0.25) is 9.59 Å². The van der Waals surface area contributed by atoms with Gasteiger partial charge >= 0.3 is 0 Å². The lowest BCUT2D eigenvalue weighted by atomic mass is 10.2. The van der Waals surface area contributed by atoms with E-state index in [0.717, 1.165) is 10.4 Å². The zero-order chi connectivity index (χ0) is 17.8. The number of aromatic nitrogens is 1. The largest absolute Gasteiger partial charge is 0.345 e. The molecule has 2 heterocycles. The van der Waals surface area contributed by atoms with E-state index in [1.54, 1.807) is 29.7 Å². The highest BCUT2D eigenvalue weighted by atomic mass is 35.5. The fourth-order valence-electron chi connectivity index (χ4n) is 2.49. The highest BCUT2D eigenvalue weighted by Crippen LogP contribution is 2.19. The topological polar surface area (TPSA) is 51.1 Å². The first kappa shape index (κ1) is 17.5. The Balaban J connectivity index is 1.80. The van der Waals surface area contributed by atoms with E-state index in [1.807, 2.05) is 42.6 Å². The summed E-state index contributed by atoms with van der Waals surface area (Å²) in [5, 5.41) is 5.52. The second kappa shape index (κ2) is 7.68. The van der Waals surface area contributed by atoms with E-state index in [0.29, 0.717) is 17.1 Å². The third kappa shape index (κ3) is 4.18. The Morgan fingerprint density at radius 2 is 2.00 bits per heavy atom. The van der Waals surface area contributed by atoms with Crippen molar-refractivity contribution >= 4 is 28.8 Å². The number of nitrogens with zero attached hydrogens (tertiary/aromatic N) is 1. The highest BCUT2D eigenvalue weighted by molar-refractivity contribution is 7.10. The van der Waals surface area contributed by atoms with Crippen molar-refractivity contribution in [1.29, 1.82) is 0 Å². The lowest BCUT2D eigenvalue weighted by Gasteiger charge is -2.13. The van der Waals surface area contributed by atoms with Gasteiger partial charge in [-0.15, -0.1) is 11.3 Å². The van der Waals surface area contributed by atoms with Gasteiger partial charge in [0, 0.05) is 22.2 Å². The Hall–Kier alpha value is -2.37. The van der Waals surface area contributed by atoms with Gasteiger partial charge < -0.3 is 9.88 Å². The molecule has 1 amide bonds. The molecule has 0 aliphatic rings. The van der Waals surface area contributed by atoms with Crippen LogP contribution in [-0.4, -0.2) is 10.5 Å². The molecule has 25 heavy (non-hydrogen) atoms. The van der Waals surface area contributed by atoms with Crippen molar-refractivity contribution in [2.45, 2.75) is 19.5 Å². The van der Waals surface area contributed by atoms with Crippen molar-refractivity contribution in [1.82, 2.24) is 9.88 Å². The number of carbonyl (C=O) groups is 1. The van der Waals surface area contributed by atoms with Crippen molar-refractivity contribution in [2.75, 3.05) is 0 Å². The highest BCUT2D eigenvalue weighted by Gasteiger charge is 2.13. The van der Waals surface area contributed by atoms with Gasteiger partial charge in [0.25, 0.3) is 11.5 Å². The van der Waals surface area contributed by atoms with Crippen LogP contribution >= 0.6 is 22.9 Å². The molecular formula is C19H17ClN2O2S. The predicted molar refractivity (Wildman–Crippen MR) is 101 cm³/mol. The van der Waals surface area contributed by atoms with Crippen molar-refractivity contribution in [3.05, 3.63) is 91.5 Å². The lowest BCUT2D eigenvalue weighted by Crippen LogP contribution is -2.28. The first-order valence-electron chi connectivity index (χ1n) is 7.83. The Labute approximate surface area is 154 Å². The molecule has 0 bridgehead atoms. The monoisotopic (exact) mass is 372 g/mol. The summed E-state index contributed by atoms with van der Waals surface area (Å²) in [6.07, 6.45) is 1.57. The molecule has 6 heteroatoms. The van der Waals surface area contributed by atoms with Crippen LogP contribution in [0.4, 0.5) is 0 Å². The van der Waals surface area contributed by atoms with Crippen LogP contribution in [0.1, 0.15) is 33.8 Å². The van der Waals surface area contributed by atoms with Gasteiger partial charge in [0.05, 0.1) is 18.2 Å². The van der Waals surface area contributed by atoms with Crippen LogP contribution in [0.25, 0.3) is 0 Å². The Morgan fingerprint density at radius 3 is 2.72 bits per heavy atom. The van der Waals surface area contributed by atoms with Crippen LogP contribution in [0.3, 0.4) is 0 Å². The third-order valence-corrected chi connectivity index (χ3v) is 5.29. The van der Waals surface area contributed by atoms with Gasteiger partial charge in [-0.25, -0.2) is 0 Å². The smallest absolute Gasteiger partial charge is 0.253 e. The van der Waals surface area contributed by atoms with E-state index >= 15 is 0 Å². The Bertz CT molecular complexity index is 935. The van der Waals surface area contributed by atoms with Crippen molar-refractivity contribution in [3.8, 4) is 0 Å². The molecule has 0 fully saturated rings. The van der Waals surface area contributed by atoms with Crippen LogP contribution in [0.5, 0.6) is 0 Å². The molecule has 1 unspecified atom stereocenters. The number of hydrogen-bond acceptors (Lipinski definition) is 3. The number of halogens is 1. The molecule has 0 saturated heterocycles. The number of pyridine rings is 1. The molecule has 0 spiro atoms. The first-order chi connectivity index (χ1) is 12.0. The molecular weight excluding hydrogens is 356 g/mol. The van der Waals surface area contributed by atoms with Gasteiger partial charge in [0.15, 0.2) is 0 Å². The standard InChI is InChI=1S/C19H17ClN2O2S/c1-13(17-7-4-10-25-17)21-19(24)15-8-9-18(23)22(12-15)11-14-5-2-3-6-16(14)20/h2-10,12-13H,11H2,1H3,(H,21,24). The molecule has 2 aromatic heterocycles. The van der Waals surface area contributed by atoms with Crippen LogP contribution in [0.2, 0.25) is 5.02 Å². The lowest BCUT2D eigenvalue weighted by molar-refractivity contribution is 0.0939. The van der Waals surface area contributed by atoms with E-state index in [1.165, 1.54) is 10.6 Å². The zero-order valence-corrected chi connectivity index (χ0v) is 15.2. The van der Waals surface area contributed by atoms with E-state index < -0.39 is 0 Å². The maximum atomic E-state index is 12.5. The van der Waals surface area contributed by atoms with Crippen molar-refractivity contribution in [2.24, 2.45) is 0 Å². The van der Waals surface area contributed by atoms with Gasteiger partial charge in [0.2, 0.25) is 0 Å². The van der Waals surface area contributed by atoms with Crippen LogP contribution < -0.4 is 10.9 Å². The van der Waals surface area contributed by atoms with E-state index in [-0.39, 0.29) is 17.5 Å². The molecule has 3 rings (SSSR count). The molecule has 1 aromatic carbocycles. The fraction of sp³-hybridized carbons (Fsp3) is 0.158. The van der Waals surface area contributed by atoms with Crippen LogP contribution in [-0.2, 0) is 6.54 Å². The third-order valence-electron chi connectivity index (χ3n) is 3.86. The van der Waals surface area contributed by atoms with Gasteiger partial charge in [0.1, 0.15) is 0 Å². The van der Waals surface area contributed by atoms with Crippen LogP contribution in [0.15, 0.2) is 64.9 Å². The fourth-order valence-corrected chi connectivity index (χ4v) is 3.42. The summed E-state index contributed by atoms with van der Waals surface area (Å²) >= 11 is 7.75. The molecule has 3 aromatic rings. The van der Waals surface area contributed by atoms with Gasteiger partial charge in [-0.1, -0.05) is 35.9 Å². The maximum absolute atomic E-state index is 12.5. The number of carbonyl (C=O) groups excluding carboxylic acids is 1. The van der Waals surface area contributed by atoms with Crippen molar-refractivity contribution in [3.63, 3.8) is 0 Å². The van der Waals surface area contributed by atoms with Crippen LogP contribution in [0, 0.1) is 0 Å². The predicted octanol–water partition coefficient (Wildman–Crippen LogP) is 4.10. The second-order valence-corrected chi connectivity index (χ2v) is 7.07. The maximum Gasteiger partial charge on any atom is 0.253 e.